The topological polar surface area (TPSA) is 212 Å². The van der Waals surface area contributed by atoms with Crippen LogP contribution in [0.2, 0.25) is 0 Å². The number of hydrogen-bond acceptors (Lipinski definition) is 10. The molecule has 0 aliphatic carbocycles. The van der Waals surface area contributed by atoms with Crippen LogP contribution in [-0.4, -0.2) is 83.7 Å². The quantitative estimate of drug-likeness (QED) is 0.0589. The molecule has 1 atom stereocenters. The van der Waals surface area contributed by atoms with Gasteiger partial charge in [0.2, 0.25) is 11.8 Å². The molecule has 5 rings (SSSR count). The summed E-state index contributed by atoms with van der Waals surface area (Å²) in [6, 6.07) is 16.9. The number of amides is 7. The fraction of sp³-hybridized carbons (Fsp3) is 0.286. The first-order valence-corrected chi connectivity index (χ1v) is 16.1. The summed E-state index contributed by atoms with van der Waals surface area (Å²) < 4.78 is 5.58. The van der Waals surface area contributed by atoms with Crippen LogP contribution in [-0.2, 0) is 20.8 Å². The Balaban J connectivity index is 0.972. The lowest BCUT2D eigenvalue weighted by Gasteiger charge is -2.27. The molecule has 1 fully saturated rings. The number of hydrogen-bond donors (Lipinski definition) is 6. The number of fused-ring (bicyclic) bond motifs is 1. The lowest BCUT2D eigenvalue weighted by atomic mass is 10.0. The summed E-state index contributed by atoms with van der Waals surface area (Å²) in [6.07, 6.45) is 1.96. The molecule has 260 valence electrons. The Labute approximate surface area is 286 Å². The summed E-state index contributed by atoms with van der Waals surface area (Å²) in [5.74, 6) is -3.08. The highest BCUT2D eigenvalue weighted by atomic mass is 16.5. The van der Waals surface area contributed by atoms with E-state index in [1.807, 2.05) is 12.1 Å². The van der Waals surface area contributed by atoms with Crippen LogP contribution in [0.3, 0.4) is 0 Å². The molecule has 3 aromatic rings. The molecule has 7 amide bonds. The van der Waals surface area contributed by atoms with Crippen molar-refractivity contribution in [2.24, 2.45) is 0 Å². The van der Waals surface area contributed by atoms with E-state index in [-0.39, 0.29) is 53.5 Å². The Morgan fingerprint density at radius 3 is 2.30 bits per heavy atom. The van der Waals surface area contributed by atoms with Crippen molar-refractivity contribution in [2.45, 2.75) is 38.1 Å². The number of piperidine rings is 1. The third kappa shape index (κ3) is 8.49. The minimum absolute atomic E-state index is 0.0469. The van der Waals surface area contributed by atoms with E-state index in [1.54, 1.807) is 36.4 Å². The Kier molecular flexibility index (Phi) is 11.5. The number of rotatable bonds is 15. The molecule has 15 nitrogen and oxygen atoms in total. The maximum atomic E-state index is 13.2. The van der Waals surface area contributed by atoms with Gasteiger partial charge in [0.1, 0.15) is 11.8 Å². The molecule has 15 heteroatoms. The maximum Gasteiger partial charge on any atom is 0.274 e. The summed E-state index contributed by atoms with van der Waals surface area (Å²) >= 11 is 0. The van der Waals surface area contributed by atoms with Crippen LogP contribution >= 0.6 is 0 Å². The van der Waals surface area contributed by atoms with Gasteiger partial charge in [0, 0.05) is 42.9 Å². The minimum Gasteiger partial charge on any atom is -0.484 e. The second-order valence-electron chi connectivity index (χ2n) is 11.6. The number of hydroxylamine groups is 1. The number of carbonyl (C=O) groups excluding carboxylic acids is 7. The number of nitrogens with zero attached hydrogens (tertiary/aromatic N) is 1. The molecule has 50 heavy (non-hydrogen) atoms. The van der Waals surface area contributed by atoms with Crippen molar-refractivity contribution >= 4 is 47.0 Å². The predicted octanol–water partition coefficient (Wildman–Crippen LogP) is 1.57. The van der Waals surface area contributed by atoms with Gasteiger partial charge in [-0.3, -0.25) is 49.0 Å². The average Bonchev–Trinajstić information content (AvgIpc) is 3.38. The van der Waals surface area contributed by atoms with E-state index >= 15 is 0 Å². The minimum atomic E-state index is -1.03. The van der Waals surface area contributed by atoms with Crippen LogP contribution in [0.4, 0.5) is 5.69 Å². The van der Waals surface area contributed by atoms with Crippen LogP contribution in [0, 0.1) is 0 Å². The van der Waals surface area contributed by atoms with Crippen LogP contribution < -0.4 is 31.5 Å². The normalized spacial score (nSPS) is 15.2. The number of unbranched alkanes of at least 4 members (excludes halogenated alkanes) is 1. The predicted molar refractivity (Wildman–Crippen MR) is 178 cm³/mol. The molecule has 3 aromatic carbocycles. The monoisotopic (exact) mass is 684 g/mol. The molecule has 0 aromatic heterocycles. The van der Waals surface area contributed by atoms with E-state index < -0.39 is 35.6 Å². The Morgan fingerprint density at radius 2 is 1.56 bits per heavy atom. The molecule has 2 aliphatic rings. The number of benzene rings is 3. The lowest BCUT2D eigenvalue weighted by Crippen LogP contribution is -2.54. The Hall–Kier alpha value is -6.09. The van der Waals surface area contributed by atoms with Crippen molar-refractivity contribution in [1.29, 1.82) is 0 Å². The van der Waals surface area contributed by atoms with Gasteiger partial charge in [-0.05, 0) is 73.7 Å². The van der Waals surface area contributed by atoms with Gasteiger partial charge >= 0.3 is 0 Å². The van der Waals surface area contributed by atoms with Crippen molar-refractivity contribution in [3.63, 3.8) is 0 Å². The van der Waals surface area contributed by atoms with Crippen molar-refractivity contribution in [1.82, 2.24) is 26.3 Å². The maximum absolute atomic E-state index is 13.2. The third-order valence-corrected chi connectivity index (χ3v) is 8.19. The van der Waals surface area contributed by atoms with E-state index in [4.69, 9.17) is 9.94 Å². The second kappa shape index (κ2) is 16.3. The molecular weight excluding hydrogens is 648 g/mol. The van der Waals surface area contributed by atoms with Gasteiger partial charge in [-0.25, -0.2) is 5.48 Å². The van der Waals surface area contributed by atoms with Gasteiger partial charge in [-0.1, -0.05) is 24.3 Å². The second-order valence-corrected chi connectivity index (χ2v) is 11.6. The van der Waals surface area contributed by atoms with E-state index in [1.165, 1.54) is 23.7 Å². The third-order valence-electron chi connectivity index (χ3n) is 8.19. The van der Waals surface area contributed by atoms with Crippen LogP contribution in [0.25, 0.3) is 0 Å². The van der Waals surface area contributed by atoms with Gasteiger partial charge in [0.15, 0.2) is 6.61 Å². The number of nitrogens with one attached hydrogen (secondary N) is 5. The smallest absolute Gasteiger partial charge is 0.274 e. The number of imide groups is 2. The van der Waals surface area contributed by atoms with Gasteiger partial charge < -0.3 is 20.7 Å². The summed E-state index contributed by atoms with van der Waals surface area (Å²) in [7, 11) is 0. The Morgan fingerprint density at radius 1 is 0.840 bits per heavy atom. The largest absolute Gasteiger partial charge is 0.484 e. The first-order chi connectivity index (χ1) is 24.2. The first kappa shape index (κ1) is 35.2. The zero-order valence-electron chi connectivity index (χ0n) is 27.0. The van der Waals surface area contributed by atoms with Crippen LogP contribution in [0.1, 0.15) is 72.7 Å². The number of ether oxygens (including phenoxy) is 1. The van der Waals surface area contributed by atoms with Crippen molar-refractivity contribution in [3.05, 3.63) is 94.5 Å². The van der Waals surface area contributed by atoms with E-state index in [0.29, 0.717) is 50.3 Å². The highest BCUT2D eigenvalue weighted by Crippen LogP contribution is 2.32. The van der Waals surface area contributed by atoms with E-state index in [2.05, 4.69) is 21.3 Å². The zero-order valence-corrected chi connectivity index (χ0v) is 27.0. The first-order valence-electron chi connectivity index (χ1n) is 16.1. The highest BCUT2D eigenvalue weighted by Gasteiger charge is 2.45. The lowest BCUT2D eigenvalue weighted by molar-refractivity contribution is -0.136. The molecular formula is C35H36N6O9. The van der Waals surface area contributed by atoms with Crippen molar-refractivity contribution in [3.8, 4) is 5.75 Å². The SMILES string of the molecule is O=C(COc1ccc(CCNC(=O)c2cccc(C(=O)NO)c2)cc1)NCCCCNc1cccc2c1C(=O)N(C1CCC(=O)NC1=O)C2=O. The van der Waals surface area contributed by atoms with E-state index in [9.17, 15) is 33.6 Å². The fourth-order valence-corrected chi connectivity index (χ4v) is 5.60. The summed E-state index contributed by atoms with van der Waals surface area (Å²) in [6.45, 7) is 1.05. The molecule has 0 spiro atoms. The Bertz CT molecular complexity index is 1810. The summed E-state index contributed by atoms with van der Waals surface area (Å²) in [4.78, 5) is 87.2. The molecule has 0 bridgehead atoms. The molecule has 0 saturated carbocycles. The average molecular weight is 685 g/mol. The van der Waals surface area contributed by atoms with Gasteiger partial charge in [-0.2, -0.15) is 0 Å². The summed E-state index contributed by atoms with van der Waals surface area (Å²) in [5.41, 5.74) is 3.79. The molecule has 1 saturated heterocycles. The van der Waals surface area contributed by atoms with Gasteiger partial charge in [-0.15, -0.1) is 0 Å². The highest BCUT2D eigenvalue weighted by molar-refractivity contribution is 6.25. The number of anilines is 1. The molecule has 0 radical (unpaired) electrons. The number of carbonyl (C=O) groups is 7. The molecule has 6 N–H and O–H groups in total. The van der Waals surface area contributed by atoms with Crippen molar-refractivity contribution < 1.29 is 43.5 Å². The van der Waals surface area contributed by atoms with Crippen molar-refractivity contribution in [2.75, 3.05) is 31.6 Å². The summed E-state index contributed by atoms with van der Waals surface area (Å²) in [5, 5.41) is 19.7. The van der Waals surface area contributed by atoms with Crippen LogP contribution in [0.5, 0.6) is 5.75 Å². The standard InChI is InChI=1S/C35H36N6O9/c42-28-14-13-27(33(46)39-28)41-34(47)25-7-4-8-26(30(25)35(41)48)36-16-1-2-17-37-29(43)20-50-24-11-9-21(10-12-24)15-18-38-31(44)22-5-3-6-23(19-22)32(45)40-49/h3-12,19,27,36,49H,1-2,13-18,20H2,(H,37,43)(H,38,44)(H,40,45)(H,39,42,46). The molecule has 2 heterocycles. The zero-order chi connectivity index (χ0) is 35.6. The van der Waals surface area contributed by atoms with Gasteiger partial charge in [0.05, 0.1) is 11.1 Å². The van der Waals surface area contributed by atoms with E-state index in [0.717, 1.165) is 10.5 Å². The molecule has 2 aliphatic heterocycles. The fourth-order valence-electron chi connectivity index (χ4n) is 5.60. The molecule has 1 unspecified atom stereocenters. The van der Waals surface area contributed by atoms with Gasteiger partial charge in [0.25, 0.3) is 29.5 Å². The van der Waals surface area contributed by atoms with Crippen LogP contribution in [0.15, 0.2) is 66.7 Å².